The summed E-state index contributed by atoms with van der Waals surface area (Å²) >= 11 is 0. The van der Waals surface area contributed by atoms with Crippen LogP contribution in [0.25, 0.3) is 21.8 Å². The molecule has 0 radical (unpaired) electrons. The lowest BCUT2D eigenvalue weighted by atomic mass is 10.1. The Balaban J connectivity index is 2.02. The van der Waals surface area contributed by atoms with E-state index in [4.69, 9.17) is 5.11 Å². The number of carbonyl (C=O) groups is 1. The monoisotopic (exact) mass is 327 g/mol. The topological polar surface area (TPSA) is 59.3 Å². The second-order valence-corrected chi connectivity index (χ2v) is 5.86. The third-order valence-corrected chi connectivity index (χ3v) is 4.21. The summed E-state index contributed by atoms with van der Waals surface area (Å²) in [6, 6.07) is 11.6. The molecule has 0 unspecified atom stereocenters. The Morgan fingerprint density at radius 3 is 2.54 bits per heavy atom. The van der Waals surface area contributed by atoms with E-state index >= 15 is 0 Å². The number of carboxylic acid groups (broad SMARTS) is 1. The molecule has 0 aliphatic carbocycles. The molecule has 1 heterocycles. The summed E-state index contributed by atoms with van der Waals surface area (Å²) in [5.41, 5.74) is 1.36. The number of pyridine rings is 1. The van der Waals surface area contributed by atoms with Crippen molar-refractivity contribution in [1.82, 2.24) is 4.57 Å². The van der Waals surface area contributed by atoms with Crippen LogP contribution in [0.2, 0.25) is 0 Å². The van der Waals surface area contributed by atoms with Gasteiger partial charge >= 0.3 is 5.97 Å². The van der Waals surface area contributed by atoms with Gasteiger partial charge in [-0.2, -0.15) is 0 Å². The van der Waals surface area contributed by atoms with Gasteiger partial charge in [0, 0.05) is 23.7 Å². The summed E-state index contributed by atoms with van der Waals surface area (Å²) in [6.45, 7) is 0.655. The molecule has 124 valence electrons. The predicted molar refractivity (Wildman–Crippen MR) is 91.8 cm³/mol. The smallest absolute Gasteiger partial charge is 0.303 e. The molecule has 0 bridgehead atoms. The number of halogens is 1. The van der Waals surface area contributed by atoms with Gasteiger partial charge in [-0.25, -0.2) is 4.39 Å². The molecule has 4 nitrogen and oxygen atoms in total. The van der Waals surface area contributed by atoms with E-state index in [1.165, 1.54) is 12.1 Å². The Morgan fingerprint density at radius 2 is 1.75 bits per heavy atom. The molecule has 0 saturated heterocycles. The lowest BCUT2D eigenvalue weighted by molar-refractivity contribution is -0.137. The van der Waals surface area contributed by atoms with Crippen LogP contribution in [0.4, 0.5) is 4.39 Å². The number of aromatic nitrogens is 1. The lowest BCUT2D eigenvalue weighted by Crippen LogP contribution is -2.12. The zero-order valence-corrected chi connectivity index (χ0v) is 13.2. The van der Waals surface area contributed by atoms with Gasteiger partial charge in [0.1, 0.15) is 5.82 Å². The average molecular weight is 327 g/mol. The molecule has 0 atom stereocenters. The second kappa shape index (κ2) is 6.83. The molecule has 2 aromatic carbocycles. The highest BCUT2D eigenvalue weighted by molar-refractivity contribution is 5.93. The Bertz CT molecular complexity index is 962. The van der Waals surface area contributed by atoms with Crippen LogP contribution in [0.3, 0.4) is 0 Å². The number of benzene rings is 2. The molecule has 3 rings (SSSR count). The van der Waals surface area contributed by atoms with Gasteiger partial charge in [0.15, 0.2) is 5.43 Å². The minimum atomic E-state index is -0.787. The van der Waals surface area contributed by atoms with Gasteiger partial charge in [-0.1, -0.05) is 18.6 Å². The number of unbranched alkanes of at least 4 members (excludes halogenated alkanes) is 2. The average Bonchev–Trinajstić information content (AvgIpc) is 2.57. The van der Waals surface area contributed by atoms with Crippen LogP contribution in [-0.4, -0.2) is 15.6 Å². The Morgan fingerprint density at radius 1 is 1.00 bits per heavy atom. The van der Waals surface area contributed by atoms with Crippen LogP contribution in [0.1, 0.15) is 25.7 Å². The van der Waals surface area contributed by atoms with E-state index in [2.05, 4.69) is 0 Å². The van der Waals surface area contributed by atoms with E-state index in [-0.39, 0.29) is 11.8 Å². The number of para-hydroxylation sites is 1. The summed E-state index contributed by atoms with van der Waals surface area (Å²) in [4.78, 5) is 23.2. The zero-order chi connectivity index (χ0) is 17.1. The minimum absolute atomic E-state index is 0.164. The first kappa shape index (κ1) is 16.2. The summed E-state index contributed by atoms with van der Waals surface area (Å²) in [7, 11) is 0. The van der Waals surface area contributed by atoms with E-state index in [0.717, 1.165) is 18.4 Å². The number of aliphatic carboxylic acids is 1. The van der Waals surface area contributed by atoms with Gasteiger partial charge in [0.2, 0.25) is 0 Å². The molecule has 0 aliphatic heterocycles. The third-order valence-electron chi connectivity index (χ3n) is 4.21. The van der Waals surface area contributed by atoms with Crippen molar-refractivity contribution >= 4 is 27.8 Å². The van der Waals surface area contributed by atoms with Crippen molar-refractivity contribution in [2.24, 2.45) is 0 Å². The van der Waals surface area contributed by atoms with Gasteiger partial charge < -0.3 is 9.67 Å². The van der Waals surface area contributed by atoms with Crippen molar-refractivity contribution in [3.05, 3.63) is 58.5 Å². The first-order chi connectivity index (χ1) is 11.6. The van der Waals surface area contributed by atoms with Gasteiger partial charge in [0.05, 0.1) is 11.0 Å². The molecule has 0 fully saturated rings. The van der Waals surface area contributed by atoms with E-state index in [9.17, 15) is 14.0 Å². The first-order valence-corrected chi connectivity index (χ1v) is 8.00. The maximum absolute atomic E-state index is 13.6. The molecule has 3 aromatic rings. The van der Waals surface area contributed by atoms with Gasteiger partial charge in [-0.15, -0.1) is 0 Å². The fraction of sp³-hybridized carbons (Fsp3) is 0.263. The molecule has 24 heavy (non-hydrogen) atoms. The van der Waals surface area contributed by atoms with Crippen molar-refractivity contribution in [2.75, 3.05) is 0 Å². The number of hydrogen-bond donors (Lipinski definition) is 1. The van der Waals surface area contributed by atoms with Crippen molar-refractivity contribution in [1.29, 1.82) is 0 Å². The number of carboxylic acids is 1. The van der Waals surface area contributed by atoms with Gasteiger partial charge in [-0.3, -0.25) is 9.59 Å². The molecule has 0 saturated carbocycles. The van der Waals surface area contributed by atoms with Crippen LogP contribution >= 0.6 is 0 Å². The van der Waals surface area contributed by atoms with Crippen molar-refractivity contribution in [3.63, 3.8) is 0 Å². The van der Waals surface area contributed by atoms with E-state index in [0.29, 0.717) is 29.3 Å². The number of rotatable bonds is 6. The number of fused-ring (bicyclic) bond motifs is 2. The normalized spacial score (nSPS) is 11.2. The standard InChI is InChI=1S/C19H18FNO3/c20-13-9-10-17-15(12-13)19(24)14-6-3-4-7-16(14)21(17)11-5-1-2-8-18(22)23/h3-4,6-7,9-10,12H,1-2,5,8,11H2,(H,22,23). The second-order valence-electron chi connectivity index (χ2n) is 5.86. The van der Waals surface area contributed by atoms with Crippen molar-refractivity contribution in [3.8, 4) is 0 Å². The Labute approximate surface area is 138 Å². The highest BCUT2D eigenvalue weighted by atomic mass is 19.1. The number of nitrogens with zero attached hydrogens (tertiary/aromatic N) is 1. The summed E-state index contributed by atoms with van der Waals surface area (Å²) < 4.78 is 15.6. The van der Waals surface area contributed by atoms with E-state index in [1.807, 2.05) is 16.7 Å². The van der Waals surface area contributed by atoms with E-state index < -0.39 is 11.8 Å². The quantitative estimate of drug-likeness (QED) is 0.551. The highest BCUT2D eigenvalue weighted by Crippen LogP contribution is 2.21. The van der Waals surface area contributed by atoms with E-state index in [1.54, 1.807) is 18.2 Å². The van der Waals surface area contributed by atoms with Crippen LogP contribution in [0, 0.1) is 5.82 Å². The largest absolute Gasteiger partial charge is 0.481 e. The van der Waals surface area contributed by atoms with Crippen molar-refractivity contribution in [2.45, 2.75) is 32.2 Å². The highest BCUT2D eigenvalue weighted by Gasteiger charge is 2.11. The fourth-order valence-corrected chi connectivity index (χ4v) is 3.07. The Hall–Kier alpha value is -2.69. The number of hydrogen-bond acceptors (Lipinski definition) is 2. The maximum atomic E-state index is 13.6. The molecule has 0 aliphatic rings. The minimum Gasteiger partial charge on any atom is -0.481 e. The molecule has 0 amide bonds. The molecule has 1 aromatic heterocycles. The summed E-state index contributed by atoms with van der Waals surface area (Å²) in [5.74, 6) is -1.22. The van der Waals surface area contributed by atoms with Crippen molar-refractivity contribution < 1.29 is 14.3 Å². The third kappa shape index (κ3) is 3.15. The van der Waals surface area contributed by atoms with Crippen LogP contribution in [0.15, 0.2) is 47.3 Å². The lowest BCUT2D eigenvalue weighted by Gasteiger charge is -2.15. The molecule has 1 N–H and O–H groups in total. The summed E-state index contributed by atoms with van der Waals surface area (Å²) in [6.07, 6.45) is 2.37. The van der Waals surface area contributed by atoms with Crippen LogP contribution in [0.5, 0.6) is 0 Å². The summed E-state index contributed by atoms with van der Waals surface area (Å²) in [5, 5.41) is 9.64. The zero-order valence-electron chi connectivity index (χ0n) is 13.2. The number of aryl methyl sites for hydroxylation is 1. The van der Waals surface area contributed by atoms with Gasteiger partial charge in [0.25, 0.3) is 0 Å². The Kier molecular flexibility index (Phi) is 4.60. The first-order valence-electron chi connectivity index (χ1n) is 8.00. The van der Waals surface area contributed by atoms with Crippen LogP contribution < -0.4 is 5.43 Å². The molecule has 0 spiro atoms. The SMILES string of the molecule is O=C(O)CCCCCn1c2ccccc2c(=O)c2cc(F)ccc21. The fourth-order valence-electron chi connectivity index (χ4n) is 3.07. The van der Waals surface area contributed by atoms with Gasteiger partial charge in [-0.05, 0) is 43.2 Å². The predicted octanol–water partition coefficient (Wildman–Crippen LogP) is 3.94. The molecule has 5 heteroatoms. The maximum Gasteiger partial charge on any atom is 0.303 e. The van der Waals surface area contributed by atoms with Crippen LogP contribution in [-0.2, 0) is 11.3 Å². The molecular weight excluding hydrogens is 309 g/mol. The molecular formula is C19H18FNO3.